The highest BCUT2D eigenvalue weighted by atomic mass is 35.5. The molecule has 1 aliphatic heterocycles. The van der Waals surface area contributed by atoms with E-state index in [1.165, 1.54) is 30.3 Å². The molecule has 0 saturated carbocycles. The number of rotatable bonds is 4. The minimum Gasteiger partial charge on any atom is -0.503 e. The molecule has 134 valence electrons. The fraction of sp³-hybridized carbons (Fsp3) is 0.111. The lowest BCUT2D eigenvalue weighted by Crippen LogP contribution is -2.19. The molecule has 0 aromatic heterocycles. The highest BCUT2D eigenvalue weighted by Gasteiger charge is 2.24. The van der Waals surface area contributed by atoms with Crippen molar-refractivity contribution < 1.29 is 19.0 Å². The number of hydrogen-bond acceptors (Lipinski definition) is 5. The minimum atomic E-state index is -0.355. The molecule has 26 heavy (non-hydrogen) atoms. The fourth-order valence-corrected chi connectivity index (χ4v) is 3.27. The number of halogens is 2. The molecule has 1 aliphatic rings. The van der Waals surface area contributed by atoms with E-state index in [0.29, 0.717) is 27.9 Å². The van der Waals surface area contributed by atoms with Crippen molar-refractivity contribution >= 4 is 46.2 Å². The van der Waals surface area contributed by atoms with Gasteiger partial charge in [-0.1, -0.05) is 11.6 Å². The predicted molar refractivity (Wildman–Crippen MR) is 101 cm³/mol. The number of benzene rings is 2. The summed E-state index contributed by atoms with van der Waals surface area (Å²) in [5.41, 5.74) is 1.14. The third-order valence-electron chi connectivity index (χ3n) is 3.36. The van der Waals surface area contributed by atoms with Crippen LogP contribution in [0.1, 0.15) is 12.5 Å². The molecule has 2 aromatic rings. The Kier molecular flexibility index (Phi) is 5.49. The van der Waals surface area contributed by atoms with Crippen molar-refractivity contribution in [3.05, 3.63) is 57.7 Å². The largest absolute Gasteiger partial charge is 0.503 e. The Balaban J connectivity index is 1.86. The second kappa shape index (κ2) is 7.80. The predicted octanol–water partition coefficient (Wildman–Crippen LogP) is 4.48. The van der Waals surface area contributed by atoms with E-state index in [1.54, 1.807) is 19.1 Å². The summed E-state index contributed by atoms with van der Waals surface area (Å²) in [6.07, 6.45) is 1.63. The van der Waals surface area contributed by atoms with Crippen molar-refractivity contribution in [1.29, 1.82) is 0 Å². The van der Waals surface area contributed by atoms with Gasteiger partial charge in [0.05, 0.1) is 22.2 Å². The monoisotopic (exact) mass is 392 g/mol. The number of nitrogens with zero attached hydrogens (tertiary/aromatic N) is 1. The van der Waals surface area contributed by atoms with Gasteiger partial charge in [-0.05, 0) is 66.7 Å². The fourth-order valence-electron chi connectivity index (χ4n) is 2.21. The molecule has 8 heteroatoms. The van der Waals surface area contributed by atoms with Crippen LogP contribution in [0.15, 0.2) is 46.3 Å². The van der Waals surface area contributed by atoms with Crippen LogP contribution in [0.25, 0.3) is 6.08 Å². The zero-order chi connectivity index (χ0) is 18.7. The van der Waals surface area contributed by atoms with Crippen LogP contribution in [0.4, 0.5) is 10.1 Å². The van der Waals surface area contributed by atoms with Gasteiger partial charge in [-0.2, -0.15) is 0 Å². The number of ether oxygens (including phenoxy) is 1. The van der Waals surface area contributed by atoms with Gasteiger partial charge in [0, 0.05) is 0 Å². The zero-order valence-electron chi connectivity index (χ0n) is 13.6. The standard InChI is InChI=1S/C18H14ClFN2O3S/c1-2-25-14-8-10(7-13(19)16(14)23)9-15-17(24)22-18(26-15)21-12-5-3-11(20)4-6-12/h3-9,23H,2H2,1H3,(H,21,22,24)/b15-9+. The second-order valence-electron chi connectivity index (χ2n) is 5.24. The van der Waals surface area contributed by atoms with Gasteiger partial charge in [-0.15, -0.1) is 0 Å². The van der Waals surface area contributed by atoms with E-state index >= 15 is 0 Å². The number of amides is 1. The Bertz CT molecular complexity index is 913. The van der Waals surface area contributed by atoms with Crippen LogP contribution in [0, 0.1) is 5.82 Å². The number of hydrogen-bond donors (Lipinski definition) is 2. The lowest BCUT2D eigenvalue weighted by molar-refractivity contribution is -0.115. The van der Waals surface area contributed by atoms with Crippen molar-refractivity contribution in [1.82, 2.24) is 5.32 Å². The number of aliphatic imine (C=N–C) groups is 1. The Morgan fingerprint density at radius 2 is 2.08 bits per heavy atom. The first-order valence-corrected chi connectivity index (χ1v) is 8.86. The molecule has 0 aliphatic carbocycles. The number of nitrogens with one attached hydrogen (secondary N) is 1. The summed E-state index contributed by atoms with van der Waals surface area (Å²) in [5.74, 6) is -0.557. The van der Waals surface area contributed by atoms with Gasteiger partial charge in [0.2, 0.25) is 0 Å². The van der Waals surface area contributed by atoms with Gasteiger partial charge in [-0.3, -0.25) is 4.79 Å². The number of phenolic OH excluding ortho intramolecular Hbond substituents is 1. The van der Waals surface area contributed by atoms with Gasteiger partial charge >= 0.3 is 0 Å². The first-order chi connectivity index (χ1) is 12.5. The van der Waals surface area contributed by atoms with Crippen LogP contribution >= 0.6 is 23.4 Å². The van der Waals surface area contributed by atoms with E-state index < -0.39 is 0 Å². The molecular formula is C18H14ClFN2O3S. The van der Waals surface area contributed by atoms with E-state index in [1.807, 2.05) is 0 Å². The summed E-state index contributed by atoms with van der Waals surface area (Å²) in [7, 11) is 0. The van der Waals surface area contributed by atoms with Crippen LogP contribution < -0.4 is 10.1 Å². The summed E-state index contributed by atoms with van der Waals surface area (Å²) >= 11 is 7.16. The van der Waals surface area contributed by atoms with E-state index in [0.717, 1.165) is 11.8 Å². The Hall–Kier alpha value is -2.51. The maximum absolute atomic E-state index is 12.9. The molecule has 2 N–H and O–H groups in total. The zero-order valence-corrected chi connectivity index (χ0v) is 15.2. The third kappa shape index (κ3) is 4.17. The molecule has 0 atom stereocenters. The van der Waals surface area contributed by atoms with E-state index in [9.17, 15) is 14.3 Å². The Morgan fingerprint density at radius 3 is 2.77 bits per heavy atom. The van der Waals surface area contributed by atoms with Crippen LogP contribution in [0.2, 0.25) is 5.02 Å². The van der Waals surface area contributed by atoms with Gasteiger partial charge in [-0.25, -0.2) is 9.38 Å². The molecule has 1 heterocycles. The Morgan fingerprint density at radius 1 is 1.35 bits per heavy atom. The lowest BCUT2D eigenvalue weighted by atomic mass is 10.2. The molecule has 0 bridgehead atoms. The number of thioether (sulfide) groups is 1. The van der Waals surface area contributed by atoms with Crippen LogP contribution in [-0.4, -0.2) is 22.8 Å². The molecule has 0 unspecified atom stereocenters. The third-order valence-corrected chi connectivity index (χ3v) is 4.55. The first-order valence-electron chi connectivity index (χ1n) is 7.66. The van der Waals surface area contributed by atoms with Crippen molar-refractivity contribution in [2.75, 3.05) is 6.61 Å². The quantitative estimate of drug-likeness (QED) is 0.753. The summed E-state index contributed by atoms with van der Waals surface area (Å²) in [5, 5.41) is 13.1. The SMILES string of the molecule is CCOc1cc(/C=C2/SC(=Nc3ccc(F)cc3)NC2=O)cc(Cl)c1O. The average Bonchev–Trinajstić information content (AvgIpc) is 2.94. The molecule has 1 saturated heterocycles. The highest BCUT2D eigenvalue weighted by Crippen LogP contribution is 2.37. The summed E-state index contributed by atoms with van der Waals surface area (Å²) in [6, 6.07) is 8.77. The van der Waals surface area contributed by atoms with Crippen LogP contribution in [0.5, 0.6) is 11.5 Å². The number of phenols is 1. The first kappa shape index (κ1) is 18.3. The molecule has 0 radical (unpaired) electrons. The van der Waals surface area contributed by atoms with E-state index in [-0.39, 0.29) is 28.2 Å². The average molecular weight is 393 g/mol. The summed E-state index contributed by atoms with van der Waals surface area (Å²) in [4.78, 5) is 16.8. The number of carbonyl (C=O) groups excluding carboxylic acids is 1. The molecule has 5 nitrogen and oxygen atoms in total. The van der Waals surface area contributed by atoms with Gasteiger partial charge in [0.15, 0.2) is 16.7 Å². The molecule has 1 amide bonds. The van der Waals surface area contributed by atoms with Gasteiger partial charge in [0.25, 0.3) is 5.91 Å². The number of carbonyl (C=O) groups is 1. The van der Waals surface area contributed by atoms with Gasteiger partial charge < -0.3 is 15.2 Å². The molecule has 0 spiro atoms. The van der Waals surface area contributed by atoms with Crippen LogP contribution in [-0.2, 0) is 4.79 Å². The smallest absolute Gasteiger partial charge is 0.264 e. The van der Waals surface area contributed by atoms with E-state index in [4.69, 9.17) is 16.3 Å². The summed E-state index contributed by atoms with van der Waals surface area (Å²) < 4.78 is 18.3. The van der Waals surface area contributed by atoms with Crippen molar-refractivity contribution in [2.24, 2.45) is 4.99 Å². The molecule has 2 aromatic carbocycles. The van der Waals surface area contributed by atoms with Crippen molar-refractivity contribution in [3.63, 3.8) is 0 Å². The lowest BCUT2D eigenvalue weighted by Gasteiger charge is -2.08. The number of amidine groups is 1. The maximum Gasteiger partial charge on any atom is 0.264 e. The normalized spacial score (nSPS) is 17.0. The Labute approximate surface area is 158 Å². The molecule has 3 rings (SSSR count). The van der Waals surface area contributed by atoms with Crippen molar-refractivity contribution in [2.45, 2.75) is 6.92 Å². The molecular weight excluding hydrogens is 379 g/mol. The van der Waals surface area contributed by atoms with Gasteiger partial charge in [0.1, 0.15) is 5.82 Å². The highest BCUT2D eigenvalue weighted by molar-refractivity contribution is 8.18. The number of aromatic hydroxyl groups is 1. The topological polar surface area (TPSA) is 70.9 Å². The minimum absolute atomic E-state index is 0.131. The van der Waals surface area contributed by atoms with Crippen molar-refractivity contribution in [3.8, 4) is 11.5 Å². The second-order valence-corrected chi connectivity index (χ2v) is 6.68. The summed E-state index contributed by atoms with van der Waals surface area (Å²) in [6.45, 7) is 2.16. The molecule has 1 fully saturated rings. The van der Waals surface area contributed by atoms with Crippen LogP contribution in [0.3, 0.4) is 0 Å². The van der Waals surface area contributed by atoms with E-state index in [2.05, 4.69) is 10.3 Å². The maximum atomic E-state index is 12.9.